The molecule has 11 heavy (non-hydrogen) atoms. The molecular weight excluding hydrogens is 185 g/mol. The normalized spacial score (nSPS) is 10.7. The summed E-state index contributed by atoms with van der Waals surface area (Å²) in [5.74, 6) is 0. The van der Waals surface area contributed by atoms with Crippen molar-refractivity contribution in [2.24, 2.45) is 0 Å². The lowest BCUT2D eigenvalue weighted by Gasteiger charge is -1.88. The number of hydrogen-bond acceptors (Lipinski definition) is 2. The molecule has 0 aliphatic rings. The molecule has 2 aromatic heterocycles. The molecule has 0 spiro atoms. The van der Waals surface area contributed by atoms with Crippen molar-refractivity contribution in [3.8, 4) is 0 Å². The Hall–Kier alpha value is -0.800. The number of hydrogen-bond donors (Lipinski definition) is 1. The molecular formula is C6H3Cl2N3. The van der Waals surface area contributed by atoms with Gasteiger partial charge in [-0.2, -0.15) is 4.98 Å². The summed E-state index contributed by atoms with van der Waals surface area (Å²) in [6, 6.07) is 0. The van der Waals surface area contributed by atoms with Crippen LogP contribution in [0.2, 0.25) is 10.3 Å². The largest absolute Gasteiger partial charge is 0.344 e. The van der Waals surface area contributed by atoms with Gasteiger partial charge >= 0.3 is 0 Å². The minimum Gasteiger partial charge on any atom is -0.344 e. The molecule has 2 aromatic rings. The first-order valence-electron chi connectivity index (χ1n) is 2.92. The van der Waals surface area contributed by atoms with E-state index < -0.39 is 0 Å². The van der Waals surface area contributed by atoms with E-state index in [2.05, 4.69) is 15.0 Å². The molecule has 0 fully saturated rings. The van der Waals surface area contributed by atoms with Gasteiger partial charge in [0, 0.05) is 12.4 Å². The molecule has 0 amide bonds. The maximum atomic E-state index is 5.77. The summed E-state index contributed by atoms with van der Waals surface area (Å²) in [6.45, 7) is 0. The predicted molar refractivity (Wildman–Crippen MR) is 43.9 cm³/mol. The maximum Gasteiger partial charge on any atom is 0.224 e. The zero-order valence-electron chi connectivity index (χ0n) is 5.31. The molecule has 0 bridgehead atoms. The van der Waals surface area contributed by atoms with Crippen molar-refractivity contribution in [3.63, 3.8) is 0 Å². The topological polar surface area (TPSA) is 41.6 Å². The van der Waals surface area contributed by atoms with Crippen LogP contribution in [0.4, 0.5) is 0 Å². The summed E-state index contributed by atoms with van der Waals surface area (Å²) < 4.78 is 0. The molecule has 0 aliphatic carbocycles. The van der Waals surface area contributed by atoms with Crippen LogP contribution in [-0.4, -0.2) is 15.0 Å². The van der Waals surface area contributed by atoms with Crippen LogP contribution in [0.25, 0.3) is 11.0 Å². The summed E-state index contributed by atoms with van der Waals surface area (Å²) in [7, 11) is 0. The van der Waals surface area contributed by atoms with Crippen LogP contribution >= 0.6 is 23.2 Å². The molecule has 0 saturated heterocycles. The number of nitrogens with zero attached hydrogens (tertiary/aromatic N) is 2. The molecule has 5 heteroatoms. The number of nitrogens with one attached hydrogen (secondary N) is 1. The highest BCUT2D eigenvalue weighted by Gasteiger charge is 2.02. The highest BCUT2D eigenvalue weighted by atomic mass is 35.5. The van der Waals surface area contributed by atoms with E-state index in [1.807, 2.05) is 0 Å². The van der Waals surface area contributed by atoms with Gasteiger partial charge in [0.1, 0.15) is 5.65 Å². The molecule has 56 valence electrons. The third-order valence-corrected chi connectivity index (χ3v) is 1.85. The standard InChI is InChI=1S/C6H3Cl2N3/c7-4-2-9-5-3(4)1-10-6(8)11-5/h1-2H,(H,9,10,11). The lowest BCUT2D eigenvalue weighted by Crippen LogP contribution is -1.80. The SMILES string of the molecule is Clc1ncc2c(Cl)c[nH]c2n1. The average Bonchev–Trinajstić information content (AvgIpc) is 2.32. The minimum atomic E-state index is 0.219. The molecule has 3 nitrogen and oxygen atoms in total. The molecule has 2 heterocycles. The third-order valence-electron chi connectivity index (χ3n) is 1.35. The number of aromatic nitrogens is 3. The highest BCUT2D eigenvalue weighted by Crippen LogP contribution is 2.20. The number of H-pyrrole nitrogens is 1. The van der Waals surface area contributed by atoms with Crippen LogP contribution in [0.1, 0.15) is 0 Å². The van der Waals surface area contributed by atoms with Crippen LogP contribution in [0, 0.1) is 0 Å². The van der Waals surface area contributed by atoms with Crippen molar-refractivity contribution < 1.29 is 0 Å². The van der Waals surface area contributed by atoms with Crippen LogP contribution in [0.15, 0.2) is 12.4 Å². The van der Waals surface area contributed by atoms with Crippen LogP contribution in [0.5, 0.6) is 0 Å². The van der Waals surface area contributed by atoms with E-state index in [0.717, 1.165) is 5.39 Å². The van der Waals surface area contributed by atoms with E-state index in [1.54, 1.807) is 12.4 Å². The van der Waals surface area contributed by atoms with E-state index in [-0.39, 0.29) is 5.28 Å². The molecule has 0 saturated carbocycles. The molecule has 2 rings (SSSR count). The Morgan fingerprint density at radius 2 is 2.18 bits per heavy atom. The molecule has 0 atom stereocenters. The number of rotatable bonds is 0. The molecule has 0 radical (unpaired) electrons. The van der Waals surface area contributed by atoms with Gasteiger partial charge in [0.25, 0.3) is 0 Å². The summed E-state index contributed by atoms with van der Waals surface area (Å²) in [5.41, 5.74) is 0.662. The number of halogens is 2. The Morgan fingerprint density at radius 1 is 1.36 bits per heavy atom. The van der Waals surface area contributed by atoms with Crippen molar-refractivity contribution in [1.82, 2.24) is 15.0 Å². The van der Waals surface area contributed by atoms with Crippen molar-refractivity contribution in [1.29, 1.82) is 0 Å². The fourth-order valence-electron chi connectivity index (χ4n) is 0.855. The highest BCUT2D eigenvalue weighted by molar-refractivity contribution is 6.35. The quantitative estimate of drug-likeness (QED) is 0.644. The van der Waals surface area contributed by atoms with Gasteiger partial charge in [-0.15, -0.1) is 0 Å². The van der Waals surface area contributed by atoms with Gasteiger partial charge in [-0.3, -0.25) is 0 Å². The molecule has 0 aromatic carbocycles. The van der Waals surface area contributed by atoms with Crippen LogP contribution < -0.4 is 0 Å². The van der Waals surface area contributed by atoms with Gasteiger partial charge in [-0.25, -0.2) is 4.98 Å². The van der Waals surface area contributed by atoms with Crippen molar-refractivity contribution >= 4 is 34.2 Å². The lowest BCUT2D eigenvalue weighted by atomic mass is 10.4. The van der Waals surface area contributed by atoms with Crippen LogP contribution in [-0.2, 0) is 0 Å². The van der Waals surface area contributed by atoms with E-state index in [4.69, 9.17) is 23.2 Å². The predicted octanol–water partition coefficient (Wildman–Crippen LogP) is 2.26. The third kappa shape index (κ3) is 1.06. The number of fused-ring (bicyclic) bond motifs is 1. The van der Waals surface area contributed by atoms with Crippen molar-refractivity contribution in [3.05, 3.63) is 22.7 Å². The van der Waals surface area contributed by atoms with E-state index in [9.17, 15) is 0 Å². The lowest BCUT2D eigenvalue weighted by molar-refractivity contribution is 1.20. The summed E-state index contributed by atoms with van der Waals surface area (Å²) in [5, 5.41) is 1.61. The van der Waals surface area contributed by atoms with Crippen molar-refractivity contribution in [2.75, 3.05) is 0 Å². The Kier molecular flexibility index (Phi) is 1.47. The second-order valence-electron chi connectivity index (χ2n) is 2.04. The zero-order chi connectivity index (χ0) is 7.84. The second-order valence-corrected chi connectivity index (χ2v) is 2.78. The van der Waals surface area contributed by atoms with Gasteiger partial charge in [-0.1, -0.05) is 11.6 Å². The van der Waals surface area contributed by atoms with E-state index >= 15 is 0 Å². The average molecular weight is 188 g/mol. The fraction of sp³-hybridized carbons (Fsp3) is 0. The Morgan fingerprint density at radius 3 is 3.00 bits per heavy atom. The first-order valence-corrected chi connectivity index (χ1v) is 3.68. The second kappa shape index (κ2) is 2.36. The Balaban J connectivity index is 2.86. The summed E-state index contributed by atoms with van der Waals surface area (Å²) in [4.78, 5) is 10.6. The van der Waals surface area contributed by atoms with E-state index in [0.29, 0.717) is 10.7 Å². The van der Waals surface area contributed by atoms with Crippen molar-refractivity contribution in [2.45, 2.75) is 0 Å². The Bertz CT molecular complexity index is 396. The van der Waals surface area contributed by atoms with Gasteiger partial charge in [-0.05, 0) is 11.6 Å². The maximum absolute atomic E-state index is 5.77. The minimum absolute atomic E-state index is 0.219. The zero-order valence-corrected chi connectivity index (χ0v) is 6.82. The fourth-order valence-corrected chi connectivity index (χ4v) is 1.18. The van der Waals surface area contributed by atoms with Gasteiger partial charge in [0.05, 0.1) is 10.4 Å². The van der Waals surface area contributed by atoms with Gasteiger partial charge in [0.15, 0.2) is 0 Å². The Labute approximate surface area is 72.4 Å². The summed E-state index contributed by atoms with van der Waals surface area (Å²) in [6.07, 6.45) is 3.24. The van der Waals surface area contributed by atoms with Crippen LogP contribution in [0.3, 0.4) is 0 Å². The molecule has 0 unspecified atom stereocenters. The monoisotopic (exact) mass is 187 g/mol. The first-order chi connectivity index (χ1) is 5.27. The van der Waals surface area contributed by atoms with Gasteiger partial charge in [0.2, 0.25) is 5.28 Å². The molecule has 0 aliphatic heterocycles. The number of aromatic amines is 1. The molecule has 1 N–H and O–H groups in total. The summed E-state index contributed by atoms with van der Waals surface area (Å²) >= 11 is 11.3. The van der Waals surface area contributed by atoms with Gasteiger partial charge < -0.3 is 4.98 Å². The smallest absolute Gasteiger partial charge is 0.224 e. The first kappa shape index (κ1) is 6.88. The van der Waals surface area contributed by atoms with E-state index in [1.165, 1.54) is 0 Å².